The molecule has 0 aliphatic heterocycles. The van der Waals surface area contributed by atoms with Gasteiger partial charge in [0.2, 0.25) is 0 Å². The summed E-state index contributed by atoms with van der Waals surface area (Å²) in [5.74, 6) is 6.07. The molecule has 3 nitrogen and oxygen atoms in total. The van der Waals surface area contributed by atoms with E-state index in [1.165, 1.54) is 4.90 Å². The molecule has 3 heteroatoms. The first-order valence-corrected chi connectivity index (χ1v) is 4.76. The lowest BCUT2D eigenvalue weighted by Crippen LogP contribution is -2.29. The molecule has 0 N–H and O–H groups in total. The maximum atomic E-state index is 11.2. The standard InChI is InChI=1S/C11H19NO2/c1-6-7-8-9(2)10(3)14-11(13)12(4)5/h9-10H,8H2,1-5H3/t9-,10+/m0/s1. The van der Waals surface area contributed by atoms with Gasteiger partial charge in [-0.25, -0.2) is 4.79 Å². The van der Waals surface area contributed by atoms with Crippen LogP contribution in [-0.2, 0) is 4.74 Å². The number of amides is 1. The summed E-state index contributed by atoms with van der Waals surface area (Å²) >= 11 is 0. The summed E-state index contributed by atoms with van der Waals surface area (Å²) in [5, 5.41) is 0. The fourth-order valence-electron chi connectivity index (χ4n) is 0.810. The smallest absolute Gasteiger partial charge is 0.409 e. The summed E-state index contributed by atoms with van der Waals surface area (Å²) < 4.78 is 5.19. The molecule has 0 fully saturated rings. The fraction of sp³-hybridized carbons (Fsp3) is 0.727. The number of ether oxygens (including phenoxy) is 1. The molecular weight excluding hydrogens is 178 g/mol. The number of carbonyl (C=O) groups excluding carboxylic acids is 1. The van der Waals surface area contributed by atoms with Crippen molar-refractivity contribution in [2.45, 2.75) is 33.3 Å². The monoisotopic (exact) mass is 197 g/mol. The lowest BCUT2D eigenvalue weighted by molar-refractivity contribution is 0.0585. The molecular formula is C11H19NO2. The molecule has 0 spiro atoms. The Balaban J connectivity index is 3.98. The number of nitrogens with zero attached hydrogens (tertiary/aromatic N) is 1. The van der Waals surface area contributed by atoms with Crippen molar-refractivity contribution < 1.29 is 9.53 Å². The number of hydrogen-bond acceptors (Lipinski definition) is 2. The van der Waals surface area contributed by atoms with Crippen molar-refractivity contribution in [3.8, 4) is 11.8 Å². The second-order valence-corrected chi connectivity index (χ2v) is 3.59. The fourth-order valence-corrected chi connectivity index (χ4v) is 0.810. The summed E-state index contributed by atoms with van der Waals surface area (Å²) in [6.07, 6.45) is 0.373. The summed E-state index contributed by atoms with van der Waals surface area (Å²) in [6.45, 7) is 5.73. The van der Waals surface area contributed by atoms with E-state index in [2.05, 4.69) is 11.8 Å². The second-order valence-electron chi connectivity index (χ2n) is 3.59. The highest BCUT2D eigenvalue weighted by molar-refractivity contribution is 5.66. The Labute approximate surface area is 86.4 Å². The van der Waals surface area contributed by atoms with Gasteiger partial charge in [-0.3, -0.25) is 0 Å². The molecule has 0 bridgehead atoms. The largest absolute Gasteiger partial charge is 0.446 e. The summed E-state index contributed by atoms with van der Waals surface area (Å²) in [5.41, 5.74) is 0. The zero-order valence-electron chi connectivity index (χ0n) is 9.63. The number of rotatable bonds is 3. The minimum Gasteiger partial charge on any atom is -0.446 e. The third-order valence-corrected chi connectivity index (χ3v) is 2.05. The highest BCUT2D eigenvalue weighted by Gasteiger charge is 2.16. The van der Waals surface area contributed by atoms with Gasteiger partial charge in [0.05, 0.1) is 0 Å². The van der Waals surface area contributed by atoms with Crippen molar-refractivity contribution in [1.29, 1.82) is 0 Å². The number of carbonyl (C=O) groups is 1. The molecule has 0 aliphatic carbocycles. The minimum atomic E-state index is -0.297. The van der Waals surface area contributed by atoms with Gasteiger partial charge in [-0.1, -0.05) is 6.92 Å². The lowest BCUT2D eigenvalue weighted by Gasteiger charge is -2.20. The van der Waals surface area contributed by atoms with Crippen LogP contribution < -0.4 is 0 Å². The van der Waals surface area contributed by atoms with E-state index in [4.69, 9.17) is 4.74 Å². The average Bonchev–Trinajstić information content (AvgIpc) is 2.13. The van der Waals surface area contributed by atoms with Gasteiger partial charge >= 0.3 is 6.09 Å². The van der Waals surface area contributed by atoms with Crippen molar-refractivity contribution in [3.05, 3.63) is 0 Å². The maximum Gasteiger partial charge on any atom is 0.409 e. The SMILES string of the molecule is CC#CC[C@H](C)[C@@H](C)OC(=O)N(C)C. The molecule has 0 aromatic heterocycles. The lowest BCUT2D eigenvalue weighted by atomic mass is 10.0. The highest BCUT2D eigenvalue weighted by Crippen LogP contribution is 2.11. The van der Waals surface area contributed by atoms with E-state index in [9.17, 15) is 4.79 Å². The Kier molecular flexibility index (Phi) is 5.78. The van der Waals surface area contributed by atoms with Gasteiger partial charge < -0.3 is 9.64 Å². The van der Waals surface area contributed by atoms with Crippen molar-refractivity contribution in [1.82, 2.24) is 4.90 Å². The topological polar surface area (TPSA) is 29.5 Å². The molecule has 0 heterocycles. The van der Waals surface area contributed by atoms with Crippen molar-refractivity contribution >= 4 is 6.09 Å². The predicted octanol–water partition coefficient (Wildman–Crippen LogP) is 2.12. The maximum absolute atomic E-state index is 11.2. The minimum absolute atomic E-state index is 0.0919. The van der Waals surface area contributed by atoms with Crippen LogP contribution in [-0.4, -0.2) is 31.2 Å². The van der Waals surface area contributed by atoms with E-state index >= 15 is 0 Å². The van der Waals surface area contributed by atoms with E-state index in [-0.39, 0.29) is 18.1 Å². The predicted molar refractivity (Wildman–Crippen MR) is 56.9 cm³/mol. The van der Waals surface area contributed by atoms with Gasteiger partial charge in [0, 0.05) is 26.4 Å². The molecule has 1 amide bonds. The van der Waals surface area contributed by atoms with Crippen molar-refractivity contribution in [2.75, 3.05) is 14.1 Å². The molecule has 0 aromatic carbocycles. The Morgan fingerprint density at radius 1 is 1.43 bits per heavy atom. The van der Waals surface area contributed by atoms with Crippen LogP contribution in [0.1, 0.15) is 27.2 Å². The third-order valence-electron chi connectivity index (χ3n) is 2.05. The zero-order chi connectivity index (χ0) is 11.1. The summed E-state index contributed by atoms with van der Waals surface area (Å²) in [4.78, 5) is 12.6. The van der Waals surface area contributed by atoms with E-state index in [1.807, 2.05) is 20.8 Å². The second kappa shape index (κ2) is 6.31. The van der Waals surface area contributed by atoms with Crippen LogP contribution in [0.5, 0.6) is 0 Å². The van der Waals surface area contributed by atoms with Gasteiger partial charge in [-0.2, -0.15) is 0 Å². The number of hydrogen-bond donors (Lipinski definition) is 0. The van der Waals surface area contributed by atoms with Crippen molar-refractivity contribution in [3.63, 3.8) is 0 Å². The van der Waals surface area contributed by atoms with Crippen LogP contribution in [0.3, 0.4) is 0 Å². The van der Waals surface area contributed by atoms with Gasteiger partial charge in [-0.15, -0.1) is 11.8 Å². The van der Waals surface area contributed by atoms with Crippen LogP contribution in [0.15, 0.2) is 0 Å². The van der Waals surface area contributed by atoms with Crippen LogP contribution in [0.2, 0.25) is 0 Å². The molecule has 0 aromatic rings. The van der Waals surface area contributed by atoms with Gasteiger partial charge in [0.1, 0.15) is 6.10 Å². The molecule has 80 valence electrons. The van der Waals surface area contributed by atoms with Crippen LogP contribution in [0, 0.1) is 17.8 Å². The molecule has 0 saturated heterocycles. The van der Waals surface area contributed by atoms with Crippen LogP contribution in [0.4, 0.5) is 4.79 Å². The Bertz CT molecular complexity index is 237. The Morgan fingerprint density at radius 3 is 2.43 bits per heavy atom. The van der Waals surface area contributed by atoms with Crippen LogP contribution in [0.25, 0.3) is 0 Å². The van der Waals surface area contributed by atoms with Gasteiger partial charge in [0.25, 0.3) is 0 Å². The average molecular weight is 197 g/mol. The normalized spacial score (nSPS) is 13.5. The summed E-state index contributed by atoms with van der Waals surface area (Å²) in [6, 6.07) is 0. The van der Waals surface area contributed by atoms with E-state index < -0.39 is 0 Å². The quantitative estimate of drug-likeness (QED) is 0.649. The Hall–Kier alpha value is -1.17. The molecule has 0 rings (SSSR count). The third kappa shape index (κ3) is 4.76. The van der Waals surface area contributed by atoms with Gasteiger partial charge in [0.15, 0.2) is 0 Å². The first-order valence-electron chi connectivity index (χ1n) is 4.76. The first kappa shape index (κ1) is 12.8. The Morgan fingerprint density at radius 2 is 2.00 bits per heavy atom. The molecule has 0 saturated carbocycles. The highest BCUT2D eigenvalue weighted by atomic mass is 16.6. The first-order chi connectivity index (χ1) is 6.49. The van der Waals surface area contributed by atoms with Crippen molar-refractivity contribution in [2.24, 2.45) is 5.92 Å². The van der Waals surface area contributed by atoms with Gasteiger partial charge in [-0.05, 0) is 13.8 Å². The molecule has 0 unspecified atom stereocenters. The van der Waals surface area contributed by atoms with E-state index in [0.717, 1.165) is 6.42 Å². The van der Waals surface area contributed by atoms with E-state index in [1.54, 1.807) is 14.1 Å². The molecule has 14 heavy (non-hydrogen) atoms. The molecule has 0 aliphatic rings. The van der Waals surface area contributed by atoms with E-state index in [0.29, 0.717) is 0 Å². The molecule has 0 radical (unpaired) electrons. The molecule has 2 atom stereocenters. The summed E-state index contributed by atoms with van der Waals surface area (Å²) in [7, 11) is 3.34. The van der Waals surface area contributed by atoms with Crippen LogP contribution >= 0.6 is 0 Å². The zero-order valence-corrected chi connectivity index (χ0v) is 9.63.